The second-order valence-corrected chi connectivity index (χ2v) is 7.94. The number of hydrogen-bond acceptors (Lipinski definition) is 4. The first kappa shape index (κ1) is 21.7. The highest BCUT2D eigenvalue weighted by Gasteiger charge is 2.43. The summed E-state index contributed by atoms with van der Waals surface area (Å²) in [5.74, 6) is 0.255. The molecule has 0 bridgehead atoms. The number of amides is 1. The van der Waals surface area contributed by atoms with Gasteiger partial charge in [-0.05, 0) is 32.1 Å². The van der Waals surface area contributed by atoms with Gasteiger partial charge in [0, 0.05) is 25.6 Å². The predicted octanol–water partition coefficient (Wildman–Crippen LogP) is 1.69. The minimum absolute atomic E-state index is 0.0147. The highest BCUT2D eigenvalue weighted by molar-refractivity contribution is 5.92. The minimum Gasteiger partial charge on any atom is -0.370 e. The normalized spacial score (nSPS) is 23.1. The Hall–Kier alpha value is -1.63. The highest BCUT2D eigenvalue weighted by atomic mass is 16.2. The fraction of sp³-hybridized carbons (Fsp3) is 0.850. The van der Waals surface area contributed by atoms with Crippen molar-refractivity contribution in [3.8, 4) is 0 Å². The van der Waals surface area contributed by atoms with Gasteiger partial charge in [-0.15, -0.1) is 0 Å². The van der Waals surface area contributed by atoms with Crippen LogP contribution in [-0.2, 0) is 9.59 Å². The van der Waals surface area contributed by atoms with Gasteiger partial charge in [-0.1, -0.05) is 39.0 Å². The summed E-state index contributed by atoms with van der Waals surface area (Å²) in [6.45, 7) is 3.39. The van der Waals surface area contributed by atoms with Crippen LogP contribution in [0.3, 0.4) is 0 Å². The topological polar surface area (TPSA) is 114 Å². The van der Waals surface area contributed by atoms with Gasteiger partial charge in [-0.3, -0.25) is 19.5 Å². The zero-order chi connectivity index (χ0) is 19.6. The van der Waals surface area contributed by atoms with Crippen LogP contribution >= 0.6 is 0 Å². The van der Waals surface area contributed by atoms with E-state index < -0.39 is 0 Å². The quantitative estimate of drug-likeness (QED) is 0.256. The Morgan fingerprint density at radius 1 is 1.15 bits per heavy atom. The molecule has 2 rings (SSSR count). The molecule has 1 aliphatic heterocycles. The van der Waals surface area contributed by atoms with Crippen LogP contribution in [0.2, 0.25) is 0 Å². The third-order valence-corrected chi connectivity index (χ3v) is 5.52. The number of carbonyl (C=O) groups is 2. The molecule has 27 heavy (non-hydrogen) atoms. The molecule has 1 amide bonds. The van der Waals surface area contributed by atoms with Gasteiger partial charge in [-0.2, -0.15) is 0 Å². The molecule has 1 saturated carbocycles. The number of carbonyl (C=O) groups excluding carboxylic acids is 2. The van der Waals surface area contributed by atoms with E-state index in [0.717, 1.165) is 38.5 Å². The molecule has 0 spiro atoms. The van der Waals surface area contributed by atoms with E-state index in [9.17, 15) is 9.59 Å². The molecule has 0 aromatic heterocycles. The molecule has 7 heteroatoms. The van der Waals surface area contributed by atoms with E-state index in [4.69, 9.17) is 11.5 Å². The van der Waals surface area contributed by atoms with Crippen LogP contribution in [0.25, 0.3) is 0 Å². The molecule has 1 saturated heterocycles. The number of nitrogens with zero attached hydrogens (tertiary/aromatic N) is 2. The van der Waals surface area contributed by atoms with Crippen molar-refractivity contribution in [3.05, 3.63) is 0 Å². The second-order valence-electron chi connectivity index (χ2n) is 7.94. The molecular formula is C20H37N5O2. The lowest BCUT2D eigenvalue weighted by Crippen LogP contribution is -2.62. The first-order chi connectivity index (χ1) is 13.0. The van der Waals surface area contributed by atoms with Gasteiger partial charge >= 0.3 is 0 Å². The first-order valence-electron chi connectivity index (χ1n) is 10.7. The number of ketones is 1. The highest BCUT2D eigenvalue weighted by Crippen LogP contribution is 2.32. The van der Waals surface area contributed by atoms with Gasteiger partial charge < -0.3 is 16.8 Å². The lowest BCUT2D eigenvalue weighted by atomic mass is 9.98. The molecule has 0 radical (unpaired) electrons. The van der Waals surface area contributed by atoms with Crippen molar-refractivity contribution < 1.29 is 9.59 Å². The molecule has 0 aromatic rings. The summed E-state index contributed by atoms with van der Waals surface area (Å²) < 4.78 is 0. The van der Waals surface area contributed by atoms with Crippen LogP contribution in [0.1, 0.15) is 77.6 Å². The smallest absolute Gasteiger partial charge is 0.237 e. The number of hydrogen-bond donors (Lipinski definition) is 3. The third kappa shape index (κ3) is 7.48. The fourth-order valence-corrected chi connectivity index (χ4v) is 3.84. The van der Waals surface area contributed by atoms with Gasteiger partial charge in [0.15, 0.2) is 11.7 Å². The molecule has 0 unspecified atom stereocenters. The van der Waals surface area contributed by atoms with E-state index in [1.807, 2.05) is 0 Å². The number of nitrogens with one attached hydrogen (secondary N) is 1. The van der Waals surface area contributed by atoms with Crippen LogP contribution in [0, 0.1) is 0 Å². The molecule has 0 aromatic carbocycles. The Labute approximate surface area is 163 Å². The summed E-state index contributed by atoms with van der Waals surface area (Å²) in [7, 11) is 0. The van der Waals surface area contributed by atoms with Crippen LogP contribution < -0.4 is 16.8 Å². The zero-order valence-corrected chi connectivity index (χ0v) is 16.8. The van der Waals surface area contributed by atoms with Crippen molar-refractivity contribution in [2.45, 2.75) is 95.7 Å². The second kappa shape index (κ2) is 11.3. The zero-order valence-electron chi connectivity index (χ0n) is 16.8. The molecule has 2 fully saturated rings. The van der Waals surface area contributed by atoms with E-state index in [0.29, 0.717) is 25.6 Å². The lowest BCUT2D eigenvalue weighted by molar-refractivity contribution is -0.136. The number of unbranched alkanes of at least 4 members (excludes halogenated alkanes) is 5. The predicted molar refractivity (Wildman–Crippen MR) is 108 cm³/mol. The van der Waals surface area contributed by atoms with E-state index in [1.165, 1.54) is 25.7 Å². The molecule has 1 aliphatic carbocycles. The monoisotopic (exact) mass is 379 g/mol. The number of rotatable bonds is 13. The summed E-state index contributed by atoms with van der Waals surface area (Å²) >= 11 is 0. The number of aliphatic imine (C=N–C) groups is 1. The number of Topliss-reactive ketones (excluding diaryl/α,β-unsaturated/α-hetero) is 1. The van der Waals surface area contributed by atoms with Crippen molar-refractivity contribution >= 4 is 17.6 Å². The third-order valence-electron chi connectivity index (χ3n) is 5.52. The number of piperazine rings is 1. The summed E-state index contributed by atoms with van der Waals surface area (Å²) in [6.07, 6.45) is 11.3. The average Bonchev–Trinajstić information content (AvgIpc) is 3.47. The van der Waals surface area contributed by atoms with Crippen molar-refractivity contribution in [1.29, 1.82) is 0 Å². The fourth-order valence-electron chi connectivity index (χ4n) is 3.84. The van der Waals surface area contributed by atoms with Crippen molar-refractivity contribution in [2.24, 2.45) is 16.5 Å². The van der Waals surface area contributed by atoms with Gasteiger partial charge in [-0.25, -0.2) is 0 Å². The maximum atomic E-state index is 12.6. The summed E-state index contributed by atoms with van der Waals surface area (Å²) in [5.41, 5.74) is 10.7. The molecule has 5 N–H and O–H groups in total. The Morgan fingerprint density at radius 3 is 2.52 bits per heavy atom. The van der Waals surface area contributed by atoms with E-state index >= 15 is 0 Å². The maximum Gasteiger partial charge on any atom is 0.237 e. The van der Waals surface area contributed by atoms with Crippen molar-refractivity contribution in [1.82, 2.24) is 10.2 Å². The first-order valence-corrected chi connectivity index (χ1v) is 10.7. The molecule has 154 valence electrons. The van der Waals surface area contributed by atoms with E-state index in [2.05, 4.69) is 22.1 Å². The average molecular weight is 380 g/mol. The lowest BCUT2D eigenvalue weighted by Gasteiger charge is -2.39. The van der Waals surface area contributed by atoms with Crippen LogP contribution in [0.15, 0.2) is 4.99 Å². The standard InChI is InChI=1S/C20H37N5O2/c1-2-3-4-5-6-7-10-18(26)16-14-25(15-11-12-15)17(19(27)24-16)9-8-13-23-20(21)22/h15-17H,2-14H2,1H3,(H,24,27)(H4,21,22,23)/t16-,17+/m1/s1. The van der Waals surface area contributed by atoms with Gasteiger partial charge in [0.2, 0.25) is 5.91 Å². The largest absolute Gasteiger partial charge is 0.370 e. The molecule has 2 aliphatic rings. The van der Waals surface area contributed by atoms with Gasteiger partial charge in [0.1, 0.15) is 6.04 Å². The summed E-state index contributed by atoms with van der Waals surface area (Å²) in [4.78, 5) is 31.5. The summed E-state index contributed by atoms with van der Waals surface area (Å²) in [5, 5.41) is 2.97. The van der Waals surface area contributed by atoms with Crippen LogP contribution in [0.5, 0.6) is 0 Å². The Balaban J connectivity index is 1.78. The van der Waals surface area contributed by atoms with E-state index in [1.54, 1.807) is 0 Å². The maximum absolute atomic E-state index is 12.6. The Morgan fingerprint density at radius 2 is 1.85 bits per heavy atom. The number of nitrogens with two attached hydrogens (primary N) is 2. The van der Waals surface area contributed by atoms with Gasteiger partial charge in [0.05, 0.1) is 6.04 Å². The SMILES string of the molecule is CCCCCCCCC(=O)[C@H]1CN(C2CC2)[C@@H](CCCN=C(N)N)C(=O)N1. The van der Waals surface area contributed by atoms with Crippen molar-refractivity contribution in [3.63, 3.8) is 0 Å². The molecule has 1 heterocycles. The minimum atomic E-state index is -0.345. The van der Waals surface area contributed by atoms with Crippen LogP contribution in [-0.4, -0.2) is 53.8 Å². The molecule has 7 nitrogen and oxygen atoms in total. The molecule has 2 atom stereocenters. The van der Waals surface area contributed by atoms with E-state index in [-0.39, 0.29) is 29.7 Å². The Bertz CT molecular complexity index is 515. The van der Waals surface area contributed by atoms with Gasteiger partial charge in [0.25, 0.3) is 0 Å². The van der Waals surface area contributed by atoms with Crippen LogP contribution in [0.4, 0.5) is 0 Å². The Kier molecular flexibility index (Phi) is 9.04. The molecular weight excluding hydrogens is 342 g/mol. The van der Waals surface area contributed by atoms with Crippen molar-refractivity contribution in [2.75, 3.05) is 13.1 Å². The summed E-state index contributed by atoms with van der Waals surface area (Å²) in [6, 6.07) is -0.0547. The number of guanidine groups is 1.